The van der Waals surface area contributed by atoms with Gasteiger partial charge in [0, 0.05) is 38.5 Å². The third kappa shape index (κ3) is 2.52. The number of carbonyl (C=O) groups excluding carboxylic acids is 1. The molecule has 0 radical (unpaired) electrons. The van der Waals surface area contributed by atoms with Gasteiger partial charge in [0.1, 0.15) is 5.76 Å². The minimum absolute atomic E-state index is 0.161. The zero-order chi connectivity index (χ0) is 12.4. The summed E-state index contributed by atoms with van der Waals surface area (Å²) in [6.45, 7) is 2.25. The number of amides is 1. The van der Waals surface area contributed by atoms with Crippen LogP contribution in [0.4, 0.5) is 0 Å². The standard InChI is InChI=1S/C11H14N4O2/c1-8-4-10(13-17-8)11(16)14(2)6-9-5-12-15(3)7-9/h4-5,7H,6H2,1-3H3. The van der Waals surface area contributed by atoms with Gasteiger partial charge in [-0.3, -0.25) is 9.48 Å². The van der Waals surface area contributed by atoms with Gasteiger partial charge in [0.2, 0.25) is 0 Å². The summed E-state index contributed by atoms with van der Waals surface area (Å²) >= 11 is 0. The van der Waals surface area contributed by atoms with Crippen LogP contribution >= 0.6 is 0 Å². The zero-order valence-electron chi connectivity index (χ0n) is 10.0. The summed E-state index contributed by atoms with van der Waals surface area (Å²) in [6, 6.07) is 1.63. The highest BCUT2D eigenvalue weighted by molar-refractivity contribution is 5.91. The van der Waals surface area contributed by atoms with Gasteiger partial charge in [-0.1, -0.05) is 5.16 Å². The molecular weight excluding hydrogens is 220 g/mol. The van der Waals surface area contributed by atoms with Crippen molar-refractivity contribution in [3.8, 4) is 0 Å². The van der Waals surface area contributed by atoms with Crippen molar-refractivity contribution in [2.24, 2.45) is 7.05 Å². The number of hydrogen-bond acceptors (Lipinski definition) is 4. The quantitative estimate of drug-likeness (QED) is 0.794. The third-order valence-electron chi connectivity index (χ3n) is 2.37. The Morgan fingerprint density at radius 3 is 2.88 bits per heavy atom. The van der Waals surface area contributed by atoms with Gasteiger partial charge in [0.05, 0.1) is 6.20 Å². The van der Waals surface area contributed by atoms with Crippen LogP contribution in [0.25, 0.3) is 0 Å². The van der Waals surface area contributed by atoms with E-state index in [2.05, 4.69) is 10.3 Å². The van der Waals surface area contributed by atoms with Crippen molar-refractivity contribution < 1.29 is 9.32 Å². The maximum absolute atomic E-state index is 11.9. The highest BCUT2D eigenvalue weighted by Gasteiger charge is 2.16. The minimum atomic E-state index is -0.161. The third-order valence-corrected chi connectivity index (χ3v) is 2.37. The monoisotopic (exact) mass is 234 g/mol. The highest BCUT2D eigenvalue weighted by atomic mass is 16.5. The predicted octanol–water partition coefficient (Wildman–Crippen LogP) is 0.989. The molecule has 0 N–H and O–H groups in total. The molecule has 2 heterocycles. The Bertz CT molecular complexity index is 529. The van der Waals surface area contributed by atoms with E-state index in [1.54, 1.807) is 35.8 Å². The average Bonchev–Trinajstić information content (AvgIpc) is 2.87. The van der Waals surface area contributed by atoms with Gasteiger partial charge < -0.3 is 9.42 Å². The van der Waals surface area contributed by atoms with Crippen LogP contribution < -0.4 is 0 Å². The Morgan fingerprint density at radius 2 is 2.35 bits per heavy atom. The summed E-state index contributed by atoms with van der Waals surface area (Å²) < 4.78 is 6.58. The van der Waals surface area contributed by atoms with Crippen molar-refractivity contribution in [2.45, 2.75) is 13.5 Å². The molecule has 0 aliphatic carbocycles. The van der Waals surface area contributed by atoms with Crippen LogP contribution in [0, 0.1) is 6.92 Å². The van der Waals surface area contributed by atoms with E-state index in [-0.39, 0.29) is 5.91 Å². The first kappa shape index (κ1) is 11.4. The first-order valence-electron chi connectivity index (χ1n) is 5.22. The van der Waals surface area contributed by atoms with E-state index in [4.69, 9.17) is 4.52 Å². The molecule has 2 aromatic heterocycles. The van der Waals surface area contributed by atoms with E-state index >= 15 is 0 Å². The van der Waals surface area contributed by atoms with Crippen LogP contribution in [0.5, 0.6) is 0 Å². The lowest BCUT2D eigenvalue weighted by Crippen LogP contribution is -2.26. The molecule has 2 aromatic rings. The van der Waals surface area contributed by atoms with E-state index in [1.165, 1.54) is 0 Å². The summed E-state index contributed by atoms with van der Waals surface area (Å²) in [5, 5.41) is 7.75. The van der Waals surface area contributed by atoms with Crippen molar-refractivity contribution in [3.05, 3.63) is 35.5 Å². The van der Waals surface area contributed by atoms with Gasteiger partial charge in [0.25, 0.3) is 5.91 Å². The predicted molar refractivity (Wildman–Crippen MR) is 60.2 cm³/mol. The Kier molecular flexibility index (Phi) is 2.95. The Morgan fingerprint density at radius 1 is 1.59 bits per heavy atom. The van der Waals surface area contributed by atoms with Crippen LogP contribution in [0.15, 0.2) is 23.0 Å². The SMILES string of the molecule is Cc1cc(C(=O)N(C)Cc2cnn(C)c2)no1. The molecular formula is C11H14N4O2. The molecule has 17 heavy (non-hydrogen) atoms. The molecule has 0 bridgehead atoms. The number of rotatable bonds is 3. The molecule has 1 amide bonds. The molecule has 0 aliphatic heterocycles. The van der Waals surface area contributed by atoms with Gasteiger partial charge in [-0.2, -0.15) is 5.10 Å². The summed E-state index contributed by atoms with van der Waals surface area (Å²) in [4.78, 5) is 13.5. The molecule has 6 nitrogen and oxygen atoms in total. The van der Waals surface area contributed by atoms with E-state index in [0.29, 0.717) is 18.0 Å². The average molecular weight is 234 g/mol. The van der Waals surface area contributed by atoms with Gasteiger partial charge in [-0.15, -0.1) is 0 Å². The molecule has 0 aliphatic rings. The number of hydrogen-bond donors (Lipinski definition) is 0. The minimum Gasteiger partial charge on any atom is -0.361 e. The van der Waals surface area contributed by atoms with Crippen LogP contribution in [0.1, 0.15) is 21.8 Å². The van der Waals surface area contributed by atoms with Crippen LogP contribution in [-0.4, -0.2) is 32.8 Å². The Hall–Kier alpha value is -2.11. The Balaban J connectivity index is 2.05. The van der Waals surface area contributed by atoms with Crippen LogP contribution in [-0.2, 0) is 13.6 Å². The van der Waals surface area contributed by atoms with Gasteiger partial charge in [-0.05, 0) is 6.92 Å². The second-order valence-electron chi connectivity index (χ2n) is 4.01. The first-order valence-corrected chi connectivity index (χ1v) is 5.22. The van der Waals surface area contributed by atoms with Crippen molar-refractivity contribution in [3.63, 3.8) is 0 Å². The molecule has 0 aromatic carbocycles. The fraction of sp³-hybridized carbons (Fsp3) is 0.364. The van der Waals surface area contributed by atoms with E-state index in [9.17, 15) is 4.79 Å². The molecule has 0 saturated heterocycles. The van der Waals surface area contributed by atoms with Crippen molar-refractivity contribution in [1.29, 1.82) is 0 Å². The summed E-state index contributed by atoms with van der Waals surface area (Å²) in [7, 11) is 3.56. The molecule has 2 rings (SSSR count). The largest absolute Gasteiger partial charge is 0.361 e. The molecule has 6 heteroatoms. The zero-order valence-corrected chi connectivity index (χ0v) is 10.0. The fourth-order valence-electron chi connectivity index (χ4n) is 1.56. The van der Waals surface area contributed by atoms with E-state index in [1.807, 2.05) is 13.2 Å². The first-order chi connectivity index (χ1) is 8.06. The van der Waals surface area contributed by atoms with Crippen LogP contribution in [0.2, 0.25) is 0 Å². The maximum Gasteiger partial charge on any atom is 0.276 e. The maximum atomic E-state index is 11.9. The Labute approximate surface area is 98.8 Å². The van der Waals surface area contributed by atoms with Gasteiger partial charge in [0.15, 0.2) is 5.69 Å². The lowest BCUT2D eigenvalue weighted by atomic mass is 10.3. The summed E-state index contributed by atoms with van der Waals surface area (Å²) in [5.41, 5.74) is 1.30. The van der Waals surface area contributed by atoms with Crippen LogP contribution in [0.3, 0.4) is 0 Å². The molecule has 90 valence electrons. The van der Waals surface area contributed by atoms with Gasteiger partial charge in [-0.25, -0.2) is 0 Å². The number of nitrogens with zero attached hydrogens (tertiary/aromatic N) is 4. The highest BCUT2D eigenvalue weighted by Crippen LogP contribution is 2.08. The molecule has 0 unspecified atom stereocenters. The normalized spacial score (nSPS) is 10.5. The number of aryl methyl sites for hydroxylation is 2. The molecule has 0 spiro atoms. The van der Waals surface area contributed by atoms with Gasteiger partial charge >= 0.3 is 0 Å². The van der Waals surface area contributed by atoms with E-state index in [0.717, 1.165) is 5.56 Å². The lowest BCUT2D eigenvalue weighted by Gasteiger charge is -2.13. The van der Waals surface area contributed by atoms with E-state index < -0.39 is 0 Å². The summed E-state index contributed by atoms with van der Waals surface area (Å²) in [6.07, 6.45) is 3.61. The lowest BCUT2D eigenvalue weighted by molar-refractivity contribution is 0.0774. The topological polar surface area (TPSA) is 64.2 Å². The molecule has 0 fully saturated rings. The smallest absolute Gasteiger partial charge is 0.276 e. The van der Waals surface area contributed by atoms with Crippen molar-refractivity contribution in [1.82, 2.24) is 19.8 Å². The second-order valence-corrected chi connectivity index (χ2v) is 4.01. The van der Waals surface area contributed by atoms with Crippen molar-refractivity contribution in [2.75, 3.05) is 7.05 Å². The second kappa shape index (κ2) is 4.40. The van der Waals surface area contributed by atoms with Crippen molar-refractivity contribution >= 4 is 5.91 Å². The summed E-state index contributed by atoms with van der Waals surface area (Å²) in [5.74, 6) is 0.467. The molecule has 0 atom stereocenters. The fourth-order valence-corrected chi connectivity index (χ4v) is 1.56. The number of carbonyl (C=O) groups is 1. The molecule has 0 saturated carbocycles. The number of aromatic nitrogens is 3.